The van der Waals surface area contributed by atoms with Gasteiger partial charge in [0.25, 0.3) is 5.22 Å². The summed E-state index contributed by atoms with van der Waals surface area (Å²) in [5, 5.41) is 8.31. The fourth-order valence-electron chi connectivity index (χ4n) is 3.29. The first-order valence-corrected chi connectivity index (χ1v) is 9.78. The van der Waals surface area contributed by atoms with Gasteiger partial charge in [-0.1, -0.05) is 31.0 Å². The van der Waals surface area contributed by atoms with Crippen LogP contribution >= 0.6 is 11.8 Å². The molecule has 2 aromatic rings. The molecule has 0 bridgehead atoms. The van der Waals surface area contributed by atoms with E-state index in [1.54, 1.807) is 12.4 Å². The molecule has 0 N–H and O–H groups in total. The van der Waals surface area contributed by atoms with Crippen molar-refractivity contribution in [1.82, 2.24) is 20.1 Å². The Balaban J connectivity index is 1.64. The van der Waals surface area contributed by atoms with Crippen LogP contribution in [0.1, 0.15) is 46.0 Å². The fraction of sp³-hybridized carbons (Fsp3) is 0.556. The molecule has 1 amide bonds. The smallest absolute Gasteiger partial charge is 0.277 e. The normalized spacial score (nSPS) is 16.6. The first kappa shape index (κ1) is 17.9. The third-order valence-corrected chi connectivity index (χ3v) is 5.52. The number of aromatic nitrogens is 3. The van der Waals surface area contributed by atoms with Crippen LogP contribution in [0.5, 0.6) is 0 Å². The van der Waals surface area contributed by atoms with Gasteiger partial charge in [-0.15, -0.1) is 10.2 Å². The van der Waals surface area contributed by atoms with Crippen LogP contribution in [0.15, 0.2) is 34.2 Å². The van der Waals surface area contributed by atoms with E-state index >= 15 is 0 Å². The van der Waals surface area contributed by atoms with Crippen molar-refractivity contribution in [3.05, 3.63) is 24.5 Å². The van der Waals surface area contributed by atoms with Crippen molar-refractivity contribution >= 4 is 17.7 Å². The van der Waals surface area contributed by atoms with Crippen LogP contribution in [0.4, 0.5) is 0 Å². The lowest BCUT2D eigenvalue weighted by Gasteiger charge is -2.34. The van der Waals surface area contributed by atoms with Crippen molar-refractivity contribution in [3.63, 3.8) is 0 Å². The second kappa shape index (κ2) is 8.47. The summed E-state index contributed by atoms with van der Waals surface area (Å²) < 4.78 is 5.69. The zero-order valence-corrected chi connectivity index (χ0v) is 15.5. The third-order valence-electron chi connectivity index (χ3n) is 4.60. The molecule has 3 rings (SSSR count). The van der Waals surface area contributed by atoms with Crippen molar-refractivity contribution in [2.24, 2.45) is 0 Å². The number of amides is 1. The van der Waals surface area contributed by atoms with Gasteiger partial charge in [0.1, 0.15) is 0 Å². The van der Waals surface area contributed by atoms with E-state index in [9.17, 15) is 4.79 Å². The van der Waals surface area contributed by atoms with E-state index in [-0.39, 0.29) is 11.2 Å². The number of hydrogen-bond donors (Lipinski definition) is 0. The number of nitrogens with zero attached hydrogens (tertiary/aromatic N) is 4. The molecule has 7 heteroatoms. The highest BCUT2D eigenvalue weighted by Crippen LogP contribution is 2.29. The summed E-state index contributed by atoms with van der Waals surface area (Å²) in [7, 11) is 0. The van der Waals surface area contributed by atoms with Gasteiger partial charge in [0.2, 0.25) is 11.8 Å². The molecular weight excluding hydrogens is 336 g/mol. The number of pyridine rings is 1. The second-order valence-electron chi connectivity index (χ2n) is 6.29. The van der Waals surface area contributed by atoms with Crippen LogP contribution < -0.4 is 0 Å². The first-order chi connectivity index (χ1) is 12.2. The summed E-state index contributed by atoms with van der Waals surface area (Å²) >= 11 is 1.33. The standard InChI is InChI=1S/C18H24N4O2S/c1-3-22(15-7-5-4-6-8-15)17(23)13(2)25-18-21-20-16(24-18)14-9-11-19-12-10-14/h9-13,15H,3-8H2,1-2H3. The summed E-state index contributed by atoms with van der Waals surface area (Å²) in [5.74, 6) is 0.604. The minimum Gasteiger partial charge on any atom is -0.411 e. The molecule has 1 unspecified atom stereocenters. The topological polar surface area (TPSA) is 72.1 Å². The van der Waals surface area contributed by atoms with Crippen molar-refractivity contribution < 1.29 is 9.21 Å². The zero-order chi connectivity index (χ0) is 17.6. The predicted octanol–water partition coefficient (Wildman–Crippen LogP) is 3.79. The lowest BCUT2D eigenvalue weighted by Crippen LogP contribution is -2.44. The van der Waals surface area contributed by atoms with Crippen LogP contribution in [0.2, 0.25) is 0 Å². The molecule has 6 nitrogen and oxygen atoms in total. The summed E-state index contributed by atoms with van der Waals surface area (Å²) in [6.07, 6.45) is 9.31. The van der Waals surface area contributed by atoms with E-state index in [1.807, 2.05) is 24.0 Å². The third kappa shape index (κ3) is 4.39. The van der Waals surface area contributed by atoms with E-state index in [0.29, 0.717) is 17.2 Å². The molecule has 0 spiro atoms. The monoisotopic (exact) mass is 360 g/mol. The van der Waals surface area contributed by atoms with Gasteiger partial charge in [-0.05, 0) is 38.8 Å². The zero-order valence-electron chi connectivity index (χ0n) is 14.7. The minimum atomic E-state index is -0.243. The molecule has 2 aromatic heterocycles. The Morgan fingerprint density at radius 2 is 2.00 bits per heavy atom. The number of rotatable bonds is 6. The van der Waals surface area contributed by atoms with Crippen LogP contribution in [-0.2, 0) is 4.79 Å². The van der Waals surface area contributed by atoms with E-state index in [2.05, 4.69) is 22.1 Å². The predicted molar refractivity (Wildman–Crippen MR) is 97.1 cm³/mol. The van der Waals surface area contributed by atoms with Gasteiger partial charge in [-0.2, -0.15) is 0 Å². The van der Waals surface area contributed by atoms with E-state index in [0.717, 1.165) is 24.9 Å². The Labute approximate surface area is 152 Å². The van der Waals surface area contributed by atoms with Crippen molar-refractivity contribution in [2.75, 3.05) is 6.54 Å². The van der Waals surface area contributed by atoms with Crippen LogP contribution in [0, 0.1) is 0 Å². The number of hydrogen-bond acceptors (Lipinski definition) is 6. The lowest BCUT2D eigenvalue weighted by atomic mass is 9.94. The Kier molecular flexibility index (Phi) is 6.07. The molecule has 134 valence electrons. The van der Waals surface area contributed by atoms with Crippen LogP contribution in [0.3, 0.4) is 0 Å². The fourth-order valence-corrected chi connectivity index (χ4v) is 4.04. The van der Waals surface area contributed by atoms with Crippen LogP contribution in [0.25, 0.3) is 11.5 Å². The lowest BCUT2D eigenvalue weighted by molar-refractivity contribution is -0.133. The Morgan fingerprint density at radius 1 is 1.28 bits per heavy atom. The maximum Gasteiger partial charge on any atom is 0.277 e. The molecule has 1 aliphatic rings. The number of thioether (sulfide) groups is 1. The highest BCUT2D eigenvalue weighted by Gasteiger charge is 2.29. The van der Waals surface area contributed by atoms with E-state index < -0.39 is 0 Å². The highest BCUT2D eigenvalue weighted by molar-refractivity contribution is 8.00. The van der Waals surface area contributed by atoms with Gasteiger partial charge < -0.3 is 9.32 Å². The van der Waals surface area contributed by atoms with Crippen LogP contribution in [-0.4, -0.2) is 43.8 Å². The SMILES string of the molecule is CCN(C(=O)C(C)Sc1nnc(-c2ccncc2)o1)C1CCCCC1. The highest BCUT2D eigenvalue weighted by atomic mass is 32.2. The summed E-state index contributed by atoms with van der Waals surface area (Å²) in [6, 6.07) is 4.01. The number of carbonyl (C=O) groups excluding carboxylic acids is 1. The molecule has 0 saturated heterocycles. The molecule has 0 aromatic carbocycles. The quantitative estimate of drug-likeness (QED) is 0.730. The summed E-state index contributed by atoms with van der Waals surface area (Å²) in [6.45, 7) is 4.72. The molecule has 2 heterocycles. The Morgan fingerprint density at radius 3 is 2.68 bits per heavy atom. The van der Waals surface area contributed by atoms with Gasteiger partial charge >= 0.3 is 0 Å². The molecule has 1 atom stereocenters. The maximum atomic E-state index is 12.9. The summed E-state index contributed by atoms with van der Waals surface area (Å²) in [5.41, 5.74) is 0.825. The van der Waals surface area contributed by atoms with Gasteiger partial charge in [-0.25, -0.2) is 0 Å². The van der Waals surface area contributed by atoms with Gasteiger partial charge in [0.15, 0.2) is 0 Å². The van der Waals surface area contributed by atoms with Gasteiger partial charge in [-0.3, -0.25) is 9.78 Å². The van der Waals surface area contributed by atoms with Crippen molar-refractivity contribution in [1.29, 1.82) is 0 Å². The van der Waals surface area contributed by atoms with Crippen molar-refractivity contribution in [3.8, 4) is 11.5 Å². The van der Waals surface area contributed by atoms with E-state index in [4.69, 9.17) is 4.42 Å². The summed E-state index contributed by atoms with van der Waals surface area (Å²) in [4.78, 5) is 18.9. The molecule has 1 saturated carbocycles. The average molecular weight is 360 g/mol. The average Bonchev–Trinajstić information content (AvgIpc) is 3.12. The minimum absolute atomic E-state index is 0.156. The molecule has 0 radical (unpaired) electrons. The second-order valence-corrected chi connectivity index (χ2v) is 7.58. The molecule has 1 fully saturated rings. The Bertz CT molecular complexity index is 685. The first-order valence-electron chi connectivity index (χ1n) is 8.90. The molecule has 1 aliphatic carbocycles. The largest absolute Gasteiger partial charge is 0.411 e. The van der Waals surface area contributed by atoms with E-state index in [1.165, 1.54) is 31.0 Å². The Hall–Kier alpha value is -1.89. The number of carbonyl (C=O) groups is 1. The molecule has 0 aliphatic heterocycles. The molecular formula is C18H24N4O2S. The molecule has 25 heavy (non-hydrogen) atoms. The van der Waals surface area contributed by atoms with Gasteiger partial charge in [0, 0.05) is 30.5 Å². The van der Waals surface area contributed by atoms with Gasteiger partial charge in [0.05, 0.1) is 5.25 Å². The maximum absolute atomic E-state index is 12.9. The van der Waals surface area contributed by atoms with Crippen molar-refractivity contribution in [2.45, 2.75) is 62.5 Å².